The summed E-state index contributed by atoms with van der Waals surface area (Å²) in [5.41, 5.74) is 1.43. The lowest BCUT2D eigenvalue weighted by Gasteiger charge is -2.37. The van der Waals surface area contributed by atoms with Gasteiger partial charge in [-0.25, -0.2) is 4.39 Å². The molecule has 0 spiro atoms. The molecule has 1 aliphatic carbocycles. The van der Waals surface area contributed by atoms with Crippen LogP contribution in [-0.2, 0) is 0 Å². The van der Waals surface area contributed by atoms with Crippen molar-refractivity contribution in [2.75, 3.05) is 36.0 Å². The Morgan fingerprint density at radius 1 is 0.844 bits per heavy atom. The molecule has 3 aromatic rings. The Morgan fingerprint density at radius 2 is 1.50 bits per heavy atom. The summed E-state index contributed by atoms with van der Waals surface area (Å²) in [6.45, 7) is 3.18. The number of aromatic nitrogens is 2. The Morgan fingerprint density at radius 3 is 2.22 bits per heavy atom. The van der Waals surface area contributed by atoms with Crippen molar-refractivity contribution in [1.29, 1.82) is 0 Å². The molecule has 0 unspecified atom stereocenters. The van der Waals surface area contributed by atoms with E-state index in [1.165, 1.54) is 31.4 Å². The molecule has 0 atom stereocenters. The van der Waals surface area contributed by atoms with E-state index in [4.69, 9.17) is 0 Å². The lowest BCUT2D eigenvalue weighted by atomic mass is 9.95. The Balaban J connectivity index is 1.34. The van der Waals surface area contributed by atoms with E-state index in [1.807, 2.05) is 36.4 Å². The largest absolute Gasteiger partial charge is 0.368 e. The standard InChI is InChI=1S/C25H28FN5O/c26-18-10-12-20(13-11-18)30-14-16-31(17-15-30)24-22-9-5-4-8-21(22)23(28-29-24)25(32)27-19-6-2-1-3-7-19/h4-5,8-13,19H,1-3,6-7,14-17H2,(H,27,32). The fraction of sp³-hybridized carbons (Fsp3) is 0.400. The maximum absolute atomic E-state index is 13.2. The third kappa shape index (κ3) is 4.24. The van der Waals surface area contributed by atoms with E-state index in [2.05, 4.69) is 25.3 Å². The van der Waals surface area contributed by atoms with E-state index < -0.39 is 0 Å². The molecule has 32 heavy (non-hydrogen) atoms. The maximum Gasteiger partial charge on any atom is 0.272 e. The quantitative estimate of drug-likeness (QED) is 0.670. The highest BCUT2D eigenvalue weighted by molar-refractivity contribution is 6.07. The van der Waals surface area contributed by atoms with Crippen molar-refractivity contribution in [2.45, 2.75) is 38.1 Å². The molecular formula is C25H28FN5O. The van der Waals surface area contributed by atoms with Gasteiger partial charge in [0.2, 0.25) is 0 Å². The highest BCUT2D eigenvalue weighted by Gasteiger charge is 2.24. The van der Waals surface area contributed by atoms with Gasteiger partial charge in [-0.1, -0.05) is 43.5 Å². The maximum atomic E-state index is 13.2. The van der Waals surface area contributed by atoms with Gasteiger partial charge in [0.15, 0.2) is 11.5 Å². The Hall–Kier alpha value is -3.22. The molecule has 1 amide bonds. The number of carbonyl (C=O) groups excluding carboxylic acids is 1. The van der Waals surface area contributed by atoms with Crippen LogP contribution in [-0.4, -0.2) is 48.3 Å². The summed E-state index contributed by atoms with van der Waals surface area (Å²) in [7, 11) is 0. The van der Waals surface area contributed by atoms with Crippen LogP contribution in [0.25, 0.3) is 10.8 Å². The van der Waals surface area contributed by atoms with Gasteiger partial charge >= 0.3 is 0 Å². The number of benzene rings is 2. The van der Waals surface area contributed by atoms with E-state index >= 15 is 0 Å². The molecule has 2 aliphatic rings. The molecule has 0 radical (unpaired) electrons. The van der Waals surface area contributed by atoms with Gasteiger partial charge in [-0.2, -0.15) is 0 Å². The second kappa shape index (κ2) is 9.10. The summed E-state index contributed by atoms with van der Waals surface area (Å²) in [5, 5.41) is 13.8. The topological polar surface area (TPSA) is 61.4 Å². The molecule has 2 heterocycles. The number of nitrogens with one attached hydrogen (secondary N) is 1. The third-order valence-electron chi connectivity index (χ3n) is 6.59. The molecule has 1 aromatic heterocycles. The smallest absolute Gasteiger partial charge is 0.272 e. The zero-order valence-corrected chi connectivity index (χ0v) is 18.1. The normalized spacial score (nSPS) is 17.5. The predicted octanol–water partition coefficient (Wildman–Crippen LogP) is 4.16. The number of hydrogen-bond donors (Lipinski definition) is 1. The molecule has 1 N–H and O–H groups in total. The fourth-order valence-electron chi connectivity index (χ4n) is 4.82. The van der Waals surface area contributed by atoms with Crippen LogP contribution < -0.4 is 15.1 Å². The second-order valence-electron chi connectivity index (χ2n) is 8.68. The molecule has 5 rings (SSSR count). The summed E-state index contributed by atoms with van der Waals surface area (Å²) in [5.74, 6) is 0.462. The molecule has 6 nitrogen and oxygen atoms in total. The van der Waals surface area contributed by atoms with E-state index in [9.17, 15) is 9.18 Å². The van der Waals surface area contributed by atoms with Crippen LogP contribution in [0.3, 0.4) is 0 Å². The van der Waals surface area contributed by atoms with Crippen LogP contribution in [0.1, 0.15) is 42.6 Å². The van der Waals surface area contributed by atoms with Crippen LogP contribution in [0.4, 0.5) is 15.9 Å². The summed E-state index contributed by atoms with van der Waals surface area (Å²) >= 11 is 0. The lowest BCUT2D eigenvalue weighted by Crippen LogP contribution is -2.47. The molecule has 166 valence electrons. The first-order chi connectivity index (χ1) is 15.7. The number of halogens is 1. The minimum Gasteiger partial charge on any atom is -0.368 e. The van der Waals surface area contributed by atoms with E-state index in [-0.39, 0.29) is 17.8 Å². The van der Waals surface area contributed by atoms with Crippen LogP contribution >= 0.6 is 0 Å². The van der Waals surface area contributed by atoms with Gasteiger partial charge in [0.1, 0.15) is 5.82 Å². The van der Waals surface area contributed by atoms with Crippen molar-refractivity contribution in [1.82, 2.24) is 15.5 Å². The number of anilines is 2. The van der Waals surface area contributed by atoms with Crippen molar-refractivity contribution in [3.63, 3.8) is 0 Å². The van der Waals surface area contributed by atoms with Gasteiger partial charge in [0, 0.05) is 48.7 Å². The van der Waals surface area contributed by atoms with Crippen molar-refractivity contribution in [2.24, 2.45) is 0 Å². The molecule has 1 saturated carbocycles. The molecule has 1 saturated heterocycles. The molecule has 2 aromatic carbocycles. The Bertz CT molecular complexity index is 1090. The van der Waals surface area contributed by atoms with E-state index in [0.717, 1.165) is 61.3 Å². The summed E-state index contributed by atoms with van der Waals surface area (Å²) in [4.78, 5) is 17.4. The van der Waals surface area contributed by atoms with Crippen LogP contribution in [0, 0.1) is 5.82 Å². The number of amides is 1. The summed E-state index contributed by atoms with van der Waals surface area (Å²) in [6, 6.07) is 14.8. The van der Waals surface area contributed by atoms with Gasteiger partial charge in [-0.15, -0.1) is 10.2 Å². The molecule has 7 heteroatoms. The predicted molar refractivity (Wildman–Crippen MR) is 125 cm³/mol. The first kappa shape index (κ1) is 20.7. The highest BCUT2D eigenvalue weighted by Crippen LogP contribution is 2.28. The molecular weight excluding hydrogens is 405 g/mol. The number of carbonyl (C=O) groups is 1. The van der Waals surface area contributed by atoms with Crippen LogP contribution in [0.2, 0.25) is 0 Å². The number of fused-ring (bicyclic) bond motifs is 1. The number of nitrogens with zero attached hydrogens (tertiary/aromatic N) is 4. The monoisotopic (exact) mass is 433 g/mol. The fourth-order valence-corrected chi connectivity index (χ4v) is 4.82. The molecule has 2 fully saturated rings. The minimum absolute atomic E-state index is 0.131. The first-order valence-corrected chi connectivity index (χ1v) is 11.5. The van der Waals surface area contributed by atoms with Gasteiger partial charge < -0.3 is 15.1 Å². The van der Waals surface area contributed by atoms with Crippen LogP contribution in [0.15, 0.2) is 48.5 Å². The van der Waals surface area contributed by atoms with E-state index in [1.54, 1.807) is 0 Å². The third-order valence-corrected chi connectivity index (χ3v) is 6.59. The Labute approximate surface area is 187 Å². The molecule has 1 aliphatic heterocycles. The number of rotatable bonds is 4. The summed E-state index contributed by atoms with van der Waals surface area (Å²) in [6.07, 6.45) is 5.65. The van der Waals surface area contributed by atoms with Crippen molar-refractivity contribution in [3.8, 4) is 0 Å². The lowest BCUT2D eigenvalue weighted by molar-refractivity contribution is 0.0923. The second-order valence-corrected chi connectivity index (χ2v) is 8.68. The van der Waals surface area contributed by atoms with Crippen molar-refractivity contribution >= 4 is 28.2 Å². The number of hydrogen-bond acceptors (Lipinski definition) is 5. The van der Waals surface area contributed by atoms with Gasteiger partial charge in [0.05, 0.1) is 0 Å². The van der Waals surface area contributed by atoms with E-state index in [0.29, 0.717) is 5.69 Å². The Kier molecular flexibility index (Phi) is 5.88. The SMILES string of the molecule is O=C(NC1CCCCC1)c1nnc(N2CCN(c3ccc(F)cc3)CC2)c2ccccc12. The van der Waals surface area contributed by atoms with Crippen molar-refractivity contribution in [3.05, 3.63) is 60.0 Å². The molecule has 0 bridgehead atoms. The van der Waals surface area contributed by atoms with Gasteiger partial charge in [-0.05, 0) is 37.1 Å². The minimum atomic E-state index is -0.221. The van der Waals surface area contributed by atoms with Crippen LogP contribution in [0.5, 0.6) is 0 Å². The van der Waals surface area contributed by atoms with Crippen molar-refractivity contribution < 1.29 is 9.18 Å². The zero-order valence-electron chi connectivity index (χ0n) is 18.1. The average Bonchev–Trinajstić information content (AvgIpc) is 2.84. The number of piperazine rings is 1. The average molecular weight is 434 g/mol. The van der Waals surface area contributed by atoms with Gasteiger partial charge in [-0.3, -0.25) is 4.79 Å². The highest BCUT2D eigenvalue weighted by atomic mass is 19.1. The zero-order chi connectivity index (χ0) is 21.9. The summed E-state index contributed by atoms with van der Waals surface area (Å²) < 4.78 is 13.2. The first-order valence-electron chi connectivity index (χ1n) is 11.5. The van der Waals surface area contributed by atoms with Gasteiger partial charge in [0.25, 0.3) is 5.91 Å².